The van der Waals surface area contributed by atoms with Crippen LogP contribution in [0.5, 0.6) is 0 Å². The van der Waals surface area contributed by atoms with Crippen LogP contribution in [0.3, 0.4) is 0 Å². The maximum Gasteiger partial charge on any atom is 0.302 e. The van der Waals surface area contributed by atoms with Crippen molar-refractivity contribution in [1.29, 1.82) is 0 Å². The molecule has 1 fully saturated rings. The first-order valence-corrected chi connectivity index (χ1v) is 6.65. The molecule has 2 rings (SSSR count). The smallest absolute Gasteiger partial charge is 0.302 e. The van der Waals surface area contributed by atoms with Crippen LogP contribution in [-0.2, 0) is 9.53 Å². The topological polar surface area (TPSA) is 38.3 Å². The average molecular weight is 247 g/mol. The summed E-state index contributed by atoms with van der Waals surface area (Å²) in [5.74, 6) is -0.180. The van der Waals surface area contributed by atoms with Gasteiger partial charge in [0, 0.05) is 19.0 Å². The Labute approximate surface area is 109 Å². The number of rotatable bonds is 4. The van der Waals surface area contributed by atoms with Crippen molar-refractivity contribution in [2.24, 2.45) is 0 Å². The molecule has 1 N–H and O–H groups in total. The van der Waals surface area contributed by atoms with E-state index in [0.29, 0.717) is 0 Å². The van der Waals surface area contributed by atoms with Gasteiger partial charge in [-0.1, -0.05) is 30.3 Å². The lowest BCUT2D eigenvalue weighted by Crippen LogP contribution is -2.39. The fraction of sp³-hybridized carbons (Fsp3) is 0.533. The van der Waals surface area contributed by atoms with Gasteiger partial charge in [0.2, 0.25) is 0 Å². The molecule has 1 aromatic carbocycles. The molecule has 18 heavy (non-hydrogen) atoms. The van der Waals surface area contributed by atoms with Crippen LogP contribution < -0.4 is 5.32 Å². The number of carbonyl (C=O) groups is 1. The summed E-state index contributed by atoms with van der Waals surface area (Å²) in [5.41, 5.74) is 1.27. The summed E-state index contributed by atoms with van der Waals surface area (Å²) < 4.78 is 5.36. The SMILES string of the molecule is CC(=O)O[C@H]1CCC[C@@H]1N[C@H](C)c1ccccc1. The normalized spacial score (nSPS) is 24.8. The highest BCUT2D eigenvalue weighted by atomic mass is 16.5. The van der Waals surface area contributed by atoms with E-state index in [-0.39, 0.29) is 24.2 Å². The molecule has 0 heterocycles. The minimum absolute atomic E-state index is 0.0358. The van der Waals surface area contributed by atoms with Crippen LogP contribution in [0.25, 0.3) is 0 Å². The number of hydrogen-bond donors (Lipinski definition) is 1. The zero-order chi connectivity index (χ0) is 13.0. The van der Waals surface area contributed by atoms with Crippen molar-refractivity contribution in [3.05, 3.63) is 35.9 Å². The highest BCUT2D eigenvalue weighted by Crippen LogP contribution is 2.25. The molecule has 1 aromatic rings. The third-order valence-corrected chi connectivity index (χ3v) is 3.53. The van der Waals surface area contributed by atoms with E-state index in [1.165, 1.54) is 12.5 Å². The predicted octanol–water partition coefficient (Wildman–Crippen LogP) is 2.82. The highest BCUT2D eigenvalue weighted by Gasteiger charge is 2.30. The maximum atomic E-state index is 11.1. The third-order valence-electron chi connectivity index (χ3n) is 3.53. The lowest BCUT2D eigenvalue weighted by atomic mass is 10.1. The molecule has 0 aromatic heterocycles. The van der Waals surface area contributed by atoms with Gasteiger partial charge in [-0.3, -0.25) is 4.79 Å². The van der Waals surface area contributed by atoms with Crippen molar-refractivity contribution >= 4 is 5.97 Å². The Bertz CT molecular complexity index is 391. The molecule has 0 aliphatic heterocycles. The molecule has 98 valence electrons. The number of benzene rings is 1. The molecule has 3 nitrogen and oxygen atoms in total. The van der Waals surface area contributed by atoms with E-state index in [9.17, 15) is 4.79 Å². The van der Waals surface area contributed by atoms with E-state index >= 15 is 0 Å². The van der Waals surface area contributed by atoms with Gasteiger partial charge < -0.3 is 10.1 Å². The molecule has 0 bridgehead atoms. The summed E-state index contributed by atoms with van der Waals surface area (Å²) in [7, 11) is 0. The van der Waals surface area contributed by atoms with Gasteiger partial charge in [0.05, 0.1) is 0 Å². The monoisotopic (exact) mass is 247 g/mol. The molecule has 0 unspecified atom stereocenters. The zero-order valence-electron chi connectivity index (χ0n) is 11.1. The molecule has 3 atom stereocenters. The Balaban J connectivity index is 1.94. The standard InChI is InChI=1S/C15H21NO2/c1-11(13-7-4-3-5-8-13)16-14-9-6-10-15(14)18-12(2)17/h3-5,7-8,11,14-16H,6,9-10H2,1-2H3/t11-,14+,15+/m1/s1. The number of hydrogen-bond acceptors (Lipinski definition) is 3. The van der Waals surface area contributed by atoms with Gasteiger partial charge >= 0.3 is 5.97 Å². The van der Waals surface area contributed by atoms with Crippen molar-refractivity contribution in [2.45, 2.75) is 51.3 Å². The fourth-order valence-electron chi connectivity index (χ4n) is 2.63. The minimum atomic E-state index is -0.180. The molecule has 3 heteroatoms. The highest BCUT2D eigenvalue weighted by molar-refractivity contribution is 5.66. The molecule has 0 saturated heterocycles. The van der Waals surface area contributed by atoms with Crippen molar-refractivity contribution < 1.29 is 9.53 Å². The zero-order valence-corrected chi connectivity index (χ0v) is 11.1. The maximum absolute atomic E-state index is 11.1. The van der Waals surface area contributed by atoms with E-state index in [1.54, 1.807) is 0 Å². The van der Waals surface area contributed by atoms with E-state index in [4.69, 9.17) is 4.74 Å². The second kappa shape index (κ2) is 6.01. The van der Waals surface area contributed by atoms with Crippen LogP contribution in [0.1, 0.15) is 44.7 Å². The lowest BCUT2D eigenvalue weighted by Gasteiger charge is -2.25. The first-order chi connectivity index (χ1) is 8.66. The van der Waals surface area contributed by atoms with E-state index in [1.807, 2.05) is 18.2 Å². The summed E-state index contributed by atoms with van der Waals surface area (Å²) in [6.45, 7) is 3.63. The van der Waals surface area contributed by atoms with E-state index in [0.717, 1.165) is 19.3 Å². The first kappa shape index (κ1) is 13.1. The Morgan fingerprint density at radius 2 is 2.06 bits per heavy atom. The van der Waals surface area contributed by atoms with E-state index < -0.39 is 0 Å². The Morgan fingerprint density at radius 3 is 2.72 bits per heavy atom. The number of carbonyl (C=O) groups excluding carboxylic acids is 1. The van der Waals surface area contributed by atoms with Gasteiger partial charge in [0.15, 0.2) is 0 Å². The van der Waals surface area contributed by atoms with Gasteiger partial charge in [0.1, 0.15) is 6.10 Å². The fourth-order valence-corrected chi connectivity index (χ4v) is 2.63. The Kier molecular flexibility index (Phi) is 4.37. The van der Waals surface area contributed by atoms with Crippen molar-refractivity contribution in [3.63, 3.8) is 0 Å². The first-order valence-electron chi connectivity index (χ1n) is 6.65. The van der Waals surface area contributed by atoms with Crippen molar-refractivity contribution in [2.75, 3.05) is 0 Å². The van der Waals surface area contributed by atoms with Gasteiger partial charge in [0.25, 0.3) is 0 Å². The van der Waals surface area contributed by atoms with Crippen LogP contribution in [0.4, 0.5) is 0 Å². The molecule has 1 aliphatic rings. The third kappa shape index (κ3) is 3.33. The van der Waals surface area contributed by atoms with Crippen molar-refractivity contribution in [1.82, 2.24) is 5.32 Å². The van der Waals surface area contributed by atoms with Crippen molar-refractivity contribution in [3.8, 4) is 0 Å². The second-order valence-corrected chi connectivity index (χ2v) is 4.98. The molecule has 0 amide bonds. The molecule has 0 spiro atoms. The van der Waals surface area contributed by atoms with Crippen LogP contribution >= 0.6 is 0 Å². The minimum Gasteiger partial charge on any atom is -0.461 e. The van der Waals surface area contributed by atoms with E-state index in [2.05, 4.69) is 24.4 Å². The van der Waals surface area contributed by atoms with Crippen LogP contribution in [0, 0.1) is 0 Å². The van der Waals surface area contributed by atoms with Gasteiger partial charge in [-0.05, 0) is 31.7 Å². The molecule has 0 radical (unpaired) electrons. The summed E-state index contributed by atoms with van der Waals surface area (Å²) in [6, 6.07) is 10.9. The van der Waals surface area contributed by atoms with Crippen LogP contribution in [0.2, 0.25) is 0 Å². The number of ether oxygens (including phenoxy) is 1. The van der Waals surface area contributed by atoms with Gasteiger partial charge in [-0.25, -0.2) is 0 Å². The van der Waals surface area contributed by atoms with Crippen LogP contribution in [-0.4, -0.2) is 18.1 Å². The Hall–Kier alpha value is -1.35. The predicted molar refractivity (Wildman–Crippen MR) is 71.2 cm³/mol. The quantitative estimate of drug-likeness (QED) is 0.831. The average Bonchev–Trinajstić information content (AvgIpc) is 2.77. The second-order valence-electron chi connectivity index (χ2n) is 4.98. The molecular weight excluding hydrogens is 226 g/mol. The van der Waals surface area contributed by atoms with Gasteiger partial charge in [-0.2, -0.15) is 0 Å². The Morgan fingerprint density at radius 1 is 1.33 bits per heavy atom. The van der Waals surface area contributed by atoms with Crippen LogP contribution in [0.15, 0.2) is 30.3 Å². The molecule has 1 aliphatic carbocycles. The summed E-state index contributed by atoms with van der Waals surface area (Å²) >= 11 is 0. The number of esters is 1. The largest absolute Gasteiger partial charge is 0.461 e. The number of nitrogens with one attached hydrogen (secondary N) is 1. The molecule has 1 saturated carbocycles. The summed E-state index contributed by atoms with van der Waals surface area (Å²) in [4.78, 5) is 11.1. The van der Waals surface area contributed by atoms with Gasteiger partial charge in [-0.15, -0.1) is 0 Å². The lowest BCUT2D eigenvalue weighted by molar-refractivity contribution is -0.147. The summed E-state index contributed by atoms with van der Waals surface area (Å²) in [5, 5.41) is 3.57. The summed E-state index contributed by atoms with van der Waals surface area (Å²) in [6.07, 6.45) is 3.21. The molecular formula is C15H21NO2.